The van der Waals surface area contributed by atoms with E-state index in [0.29, 0.717) is 5.75 Å². The van der Waals surface area contributed by atoms with Gasteiger partial charge in [0.05, 0.1) is 0 Å². The Bertz CT molecular complexity index is 390. The molecule has 0 spiro atoms. The molecule has 0 heterocycles. The van der Waals surface area contributed by atoms with Crippen LogP contribution < -0.4 is 3.07 Å². The van der Waals surface area contributed by atoms with Crippen LogP contribution in [0.4, 0.5) is 13.2 Å². The van der Waals surface area contributed by atoms with E-state index in [1.165, 1.54) is 9.88 Å². The van der Waals surface area contributed by atoms with Gasteiger partial charge in [-0.3, -0.25) is 0 Å². The Morgan fingerprint density at radius 3 is 2.18 bits per heavy atom. The van der Waals surface area contributed by atoms with Gasteiger partial charge in [0, 0.05) is 0 Å². The van der Waals surface area contributed by atoms with Gasteiger partial charge >= 0.3 is 101 Å². The van der Waals surface area contributed by atoms with Gasteiger partial charge in [-0.15, -0.1) is 0 Å². The maximum atomic E-state index is 12.0. The van der Waals surface area contributed by atoms with E-state index in [0.717, 1.165) is 0 Å². The fraction of sp³-hybridized carbons (Fsp3) is 0.300. The molecule has 0 aliphatic carbocycles. The van der Waals surface area contributed by atoms with Crippen LogP contribution in [-0.4, -0.2) is 31.4 Å². The normalized spacial score (nSPS) is 12.1. The summed E-state index contributed by atoms with van der Waals surface area (Å²) in [4.78, 5) is 13.6. The summed E-state index contributed by atoms with van der Waals surface area (Å²) in [7, 11) is 0. The molecule has 3 nitrogen and oxygen atoms in total. The van der Waals surface area contributed by atoms with Crippen LogP contribution in [0.15, 0.2) is 30.3 Å². The molecular weight excluding hydrogens is 344 g/mol. The molecule has 17 heavy (non-hydrogen) atoms. The summed E-state index contributed by atoms with van der Waals surface area (Å²) in [6.07, 6.45) is -4.98. The second-order valence-electron chi connectivity index (χ2n) is 3.70. The Morgan fingerprint density at radius 2 is 1.71 bits per heavy atom. The van der Waals surface area contributed by atoms with E-state index in [-0.39, 0.29) is 0 Å². The van der Waals surface area contributed by atoms with Crippen molar-refractivity contribution in [1.29, 1.82) is 0 Å². The number of benzene rings is 1. The van der Waals surface area contributed by atoms with E-state index in [4.69, 9.17) is 3.07 Å². The fourth-order valence-corrected chi connectivity index (χ4v) is 4.81. The van der Waals surface area contributed by atoms with Gasteiger partial charge in [-0.2, -0.15) is 0 Å². The molecule has 0 saturated carbocycles. The van der Waals surface area contributed by atoms with Crippen LogP contribution in [0.5, 0.6) is 5.75 Å². The average molecular weight is 355 g/mol. The van der Waals surface area contributed by atoms with E-state index in [1.54, 1.807) is 30.3 Å². The van der Waals surface area contributed by atoms with E-state index < -0.39 is 31.4 Å². The zero-order valence-corrected chi connectivity index (χ0v) is 12.1. The Labute approximate surface area is 101 Å². The fourth-order valence-electron chi connectivity index (χ4n) is 1.07. The summed E-state index contributed by atoms with van der Waals surface area (Å²) in [5.41, 5.74) is 0. The van der Waals surface area contributed by atoms with E-state index >= 15 is 0 Å². The predicted octanol–water partition coefficient (Wildman–Crippen LogP) is 2.87. The average Bonchev–Trinajstić information content (AvgIpc) is 2.16. The van der Waals surface area contributed by atoms with Crippen LogP contribution >= 0.6 is 0 Å². The van der Waals surface area contributed by atoms with E-state index in [9.17, 15) is 18.0 Å². The third kappa shape index (κ3) is 4.84. The topological polar surface area (TPSA) is 35.5 Å². The summed E-state index contributed by atoms with van der Waals surface area (Å²) < 4.78 is 45.8. The number of rotatable bonds is 3. The molecule has 0 saturated heterocycles. The molecule has 0 bridgehead atoms. The molecule has 0 aliphatic heterocycles. The monoisotopic (exact) mass is 356 g/mol. The van der Waals surface area contributed by atoms with Crippen molar-refractivity contribution in [2.75, 3.05) is 0 Å². The van der Waals surface area contributed by atoms with Crippen LogP contribution in [-0.2, 0) is 7.87 Å². The molecule has 0 amide bonds. The second-order valence-corrected chi connectivity index (χ2v) is 12.9. The first-order valence-electron chi connectivity index (χ1n) is 4.75. The third-order valence-electron chi connectivity index (χ3n) is 1.68. The number of alkyl halides is 3. The number of halogens is 3. The third-order valence-corrected chi connectivity index (χ3v) is 5.68. The standard InChI is InChI=1S/C6H6O.C2HF3O2.2CH3.Sn/c7-6-4-2-1-3-5-6;3-2(4,5)1(6)7;;;/h1-5,7H;(H,6,7);2*1H3;/q;;;;+2/p-2. The summed E-state index contributed by atoms with van der Waals surface area (Å²) in [6.45, 7) is 0. The van der Waals surface area contributed by atoms with Crippen LogP contribution in [0.2, 0.25) is 9.88 Å². The van der Waals surface area contributed by atoms with E-state index in [1.807, 2.05) is 0 Å². The van der Waals surface area contributed by atoms with Crippen molar-refractivity contribution >= 4 is 25.2 Å². The zero-order chi connectivity index (χ0) is 13.1. The van der Waals surface area contributed by atoms with Crippen LogP contribution in [0.25, 0.3) is 0 Å². The number of hydrogen-bond acceptors (Lipinski definition) is 3. The summed E-state index contributed by atoms with van der Waals surface area (Å²) in [5.74, 6) is -1.78. The summed E-state index contributed by atoms with van der Waals surface area (Å²) >= 11 is -3.95. The zero-order valence-electron chi connectivity index (χ0n) is 9.25. The first-order valence-corrected chi connectivity index (χ1v) is 12.8. The van der Waals surface area contributed by atoms with Gasteiger partial charge in [0.15, 0.2) is 0 Å². The van der Waals surface area contributed by atoms with Gasteiger partial charge in [-0.25, -0.2) is 0 Å². The number of carbonyl (C=O) groups excluding carboxylic acids is 1. The van der Waals surface area contributed by atoms with Gasteiger partial charge in [0.1, 0.15) is 0 Å². The van der Waals surface area contributed by atoms with Crippen molar-refractivity contribution in [3.63, 3.8) is 0 Å². The second kappa shape index (κ2) is 5.15. The molecule has 1 aromatic rings. The van der Waals surface area contributed by atoms with Crippen molar-refractivity contribution < 1.29 is 24.1 Å². The molecule has 0 atom stereocenters. The summed E-state index contributed by atoms with van der Waals surface area (Å²) in [5, 5.41) is 0. The Kier molecular flexibility index (Phi) is 4.29. The predicted molar refractivity (Wildman–Crippen MR) is 56.7 cm³/mol. The number of para-hydroxylation sites is 1. The first kappa shape index (κ1) is 14.1. The van der Waals surface area contributed by atoms with Crippen molar-refractivity contribution in [2.24, 2.45) is 0 Å². The molecule has 94 valence electrons. The molecule has 0 aliphatic rings. The van der Waals surface area contributed by atoms with Crippen LogP contribution in [0, 0.1) is 0 Å². The maximum absolute atomic E-state index is 12.0. The minimum absolute atomic E-state index is 0.406. The molecule has 0 radical (unpaired) electrons. The minimum atomic E-state index is -4.98. The first-order chi connectivity index (χ1) is 7.71. The molecular formula is C10H11F3O3Sn. The molecule has 0 N–H and O–H groups in total. The summed E-state index contributed by atoms with van der Waals surface area (Å²) in [6, 6.07) is 8.31. The van der Waals surface area contributed by atoms with Crippen molar-refractivity contribution in [2.45, 2.75) is 16.1 Å². The molecule has 7 heteroatoms. The van der Waals surface area contributed by atoms with Gasteiger partial charge in [0.2, 0.25) is 0 Å². The number of carbonyl (C=O) groups is 1. The van der Waals surface area contributed by atoms with Crippen molar-refractivity contribution in [3.8, 4) is 5.75 Å². The quantitative estimate of drug-likeness (QED) is 0.783. The van der Waals surface area contributed by atoms with Crippen molar-refractivity contribution in [1.82, 2.24) is 0 Å². The van der Waals surface area contributed by atoms with Gasteiger partial charge in [-0.1, -0.05) is 0 Å². The van der Waals surface area contributed by atoms with Gasteiger partial charge in [0.25, 0.3) is 0 Å². The Hall–Kier alpha value is -0.921. The van der Waals surface area contributed by atoms with Gasteiger partial charge in [-0.05, 0) is 0 Å². The van der Waals surface area contributed by atoms with Crippen LogP contribution in [0.3, 0.4) is 0 Å². The molecule has 0 fully saturated rings. The molecule has 1 aromatic carbocycles. The number of hydrogen-bond donors (Lipinski definition) is 0. The molecule has 0 aromatic heterocycles. The van der Waals surface area contributed by atoms with E-state index in [2.05, 4.69) is 3.07 Å². The Morgan fingerprint density at radius 1 is 1.18 bits per heavy atom. The SMILES string of the molecule is [CH3][Sn]([CH3])([O]C(=O)C(F)(F)F)[O]c1ccccc1. The Balaban J connectivity index is 2.67. The molecule has 1 rings (SSSR count). The van der Waals surface area contributed by atoms with Crippen LogP contribution in [0.1, 0.15) is 0 Å². The van der Waals surface area contributed by atoms with Gasteiger partial charge < -0.3 is 0 Å². The van der Waals surface area contributed by atoms with Crippen molar-refractivity contribution in [3.05, 3.63) is 30.3 Å². The molecule has 0 unspecified atom stereocenters.